The van der Waals surface area contributed by atoms with Gasteiger partial charge < -0.3 is 20.3 Å². The first-order valence-electron chi connectivity index (χ1n) is 14.1. The minimum absolute atomic E-state index is 0.313. The molecule has 0 aliphatic heterocycles. The number of hydrogen-bond donors (Lipinski definition) is 2. The van der Waals surface area contributed by atoms with Crippen molar-refractivity contribution in [3.8, 4) is 0 Å². The third-order valence-corrected chi connectivity index (χ3v) is 6.61. The van der Waals surface area contributed by atoms with E-state index in [1.807, 2.05) is 73.7 Å². The van der Waals surface area contributed by atoms with Crippen molar-refractivity contribution in [1.82, 2.24) is 10.2 Å². The zero-order chi connectivity index (χ0) is 29.3. The maximum absolute atomic E-state index is 14.0. The summed E-state index contributed by atoms with van der Waals surface area (Å²) in [7, 11) is 0. The molecule has 7 nitrogen and oxygen atoms in total. The Bertz CT molecular complexity index is 1300. The number of amides is 3. The molecule has 2 unspecified atom stereocenters. The Labute approximate surface area is 238 Å². The number of carbonyl (C=O) groups is 3. The van der Waals surface area contributed by atoms with E-state index in [2.05, 4.69) is 17.6 Å². The quantitative estimate of drug-likeness (QED) is 0.251. The van der Waals surface area contributed by atoms with Crippen molar-refractivity contribution >= 4 is 34.4 Å². The number of fused-ring (bicyclic) bond motifs is 1. The highest BCUT2D eigenvalue weighted by atomic mass is 16.6. The van der Waals surface area contributed by atoms with Gasteiger partial charge >= 0.3 is 6.09 Å². The van der Waals surface area contributed by atoms with E-state index in [-0.39, 0.29) is 11.8 Å². The number of carbonyl (C=O) groups excluding carboxylic acids is 3. The van der Waals surface area contributed by atoms with Gasteiger partial charge in [-0.05, 0) is 69.5 Å². The highest BCUT2D eigenvalue weighted by molar-refractivity contribution is 6.00. The maximum Gasteiger partial charge on any atom is 0.408 e. The van der Waals surface area contributed by atoms with Crippen LogP contribution in [0.3, 0.4) is 0 Å². The molecular weight excluding hydrogens is 502 g/mol. The van der Waals surface area contributed by atoms with Crippen LogP contribution in [0.15, 0.2) is 66.7 Å². The Kier molecular flexibility index (Phi) is 10.7. The van der Waals surface area contributed by atoms with Crippen LogP contribution < -0.4 is 10.6 Å². The Balaban J connectivity index is 1.94. The third kappa shape index (κ3) is 8.83. The van der Waals surface area contributed by atoms with Crippen molar-refractivity contribution in [1.29, 1.82) is 0 Å². The summed E-state index contributed by atoms with van der Waals surface area (Å²) in [4.78, 5) is 41.9. The molecule has 3 amide bonds. The first kappa shape index (κ1) is 30.7. The fourth-order valence-corrected chi connectivity index (χ4v) is 4.57. The minimum Gasteiger partial charge on any atom is -0.444 e. The molecule has 0 bridgehead atoms. The lowest BCUT2D eigenvalue weighted by molar-refractivity contribution is -0.140. The van der Waals surface area contributed by atoms with E-state index in [0.29, 0.717) is 17.8 Å². The SMILES string of the molecule is CCCCCCN(C(=O)C(C)NC(=O)OC(C)(C)C)C(C(=O)Nc1ccc2ccccc2c1)c1ccc(C)cc1. The molecule has 214 valence electrons. The average Bonchev–Trinajstić information content (AvgIpc) is 2.89. The Morgan fingerprint density at radius 2 is 1.57 bits per heavy atom. The predicted molar refractivity (Wildman–Crippen MR) is 161 cm³/mol. The largest absolute Gasteiger partial charge is 0.444 e. The number of benzene rings is 3. The molecule has 0 saturated heterocycles. The van der Waals surface area contributed by atoms with Gasteiger partial charge in [-0.25, -0.2) is 4.79 Å². The number of aryl methyl sites for hydroxylation is 1. The summed E-state index contributed by atoms with van der Waals surface area (Å²) in [6.45, 7) is 11.4. The number of rotatable bonds is 11. The van der Waals surface area contributed by atoms with Gasteiger partial charge in [0.25, 0.3) is 5.91 Å². The van der Waals surface area contributed by atoms with E-state index in [9.17, 15) is 14.4 Å². The van der Waals surface area contributed by atoms with Crippen LogP contribution in [-0.4, -0.2) is 41.0 Å². The standard InChI is InChI=1S/C33H43N3O4/c1-7-8-9-12-21-36(31(38)24(3)34-32(39)40-33(4,5)6)29(26-17-15-23(2)16-18-26)30(37)35-28-20-19-25-13-10-11-14-27(25)22-28/h10-11,13-20,22,24,29H,7-9,12,21H2,1-6H3,(H,34,39)(H,35,37). The van der Waals surface area contributed by atoms with Gasteiger partial charge in [-0.1, -0.05) is 86.3 Å². The van der Waals surface area contributed by atoms with Gasteiger partial charge in [0.2, 0.25) is 5.91 Å². The van der Waals surface area contributed by atoms with Crippen LogP contribution in [0.4, 0.5) is 10.5 Å². The van der Waals surface area contributed by atoms with Crippen LogP contribution in [-0.2, 0) is 14.3 Å². The van der Waals surface area contributed by atoms with Gasteiger partial charge in [0.1, 0.15) is 17.7 Å². The summed E-state index contributed by atoms with van der Waals surface area (Å²) in [5.41, 5.74) is 1.71. The predicted octanol–water partition coefficient (Wildman–Crippen LogP) is 7.15. The van der Waals surface area contributed by atoms with E-state index in [1.165, 1.54) is 0 Å². The minimum atomic E-state index is -0.887. The second kappa shape index (κ2) is 14.0. The zero-order valence-electron chi connectivity index (χ0n) is 24.6. The van der Waals surface area contributed by atoms with Crippen LogP contribution in [0, 0.1) is 6.92 Å². The molecule has 0 aliphatic rings. The number of hydrogen-bond acceptors (Lipinski definition) is 4. The maximum atomic E-state index is 14.0. The van der Waals surface area contributed by atoms with Gasteiger partial charge in [0.05, 0.1) is 0 Å². The lowest BCUT2D eigenvalue weighted by Gasteiger charge is -2.34. The Morgan fingerprint density at radius 1 is 0.900 bits per heavy atom. The first-order valence-corrected chi connectivity index (χ1v) is 14.1. The number of anilines is 1. The van der Waals surface area contributed by atoms with E-state index in [0.717, 1.165) is 42.0 Å². The van der Waals surface area contributed by atoms with Crippen LogP contribution in [0.25, 0.3) is 10.8 Å². The Morgan fingerprint density at radius 3 is 2.23 bits per heavy atom. The topological polar surface area (TPSA) is 87.7 Å². The summed E-state index contributed by atoms with van der Waals surface area (Å²) in [5, 5.41) is 7.79. The van der Waals surface area contributed by atoms with E-state index in [4.69, 9.17) is 4.74 Å². The van der Waals surface area contributed by atoms with Gasteiger partial charge in [0, 0.05) is 12.2 Å². The average molecular weight is 546 g/mol. The van der Waals surface area contributed by atoms with Crippen LogP contribution in [0.2, 0.25) is 0 Å². The van der Waals surface area contributed by atoms with Gasteiger partial charge in [-0.3, -0.25) is 9.59 Å². The second-order valence-corrected chi connectivity index (χ2v) is 11.3. The van der Waals surface area contributed by atoms with Crippen molar-refractivity contribution in [2.75, 3.05) is 11.9 Å². The molecule has 7 heteroatoms. The molecule has 0 aliphatic carbocycles. The zero-order valence-corrected chi connectivity index (χ0v) is 24.6. The van der Waals surface area contributed by atoms with Crippen LogP contribution in [0.5, 0.6) is 0 Å². The summed E-state index contributed by atoms with van der Waals surface area (Å²) < 4.78 is 5.37. The molecule has 0 fully saturated rings. The van der Waals surface area contributed by atoms with Crippen LogP contribution >= 0.6 is 0 Å². The Hall–Kier alpha value is -3.87. The molecule has 0 radical (unpaired) electrons. The molecule has 0 saturated carbocycles. The van der Waals surface area contributed by atoms with Crippen molar-refractivity contribution in [3.05, 3.63) is 77.9 Å². The monoisotopic (exact) mass is 545 g/mol. The van der Waals surface area contributed by atoms with Crippen LogP contribution in [0.1, 0.15) is 77.5 Å². The number of nitrogens with one attached hydrogen (secondary N) is 2. The molecule has 3 aromatic carbocycles. The molecule has 3 rings (SSSR count). The third-order valence-electron chi connectivity index (χ3n) is 6.61. The highest BCUT2D eigenvalue weighted by Crippen LogP contribution is 2.27. The highest BCUT2D eigenvalue weighted by Gasteiger charge is 2.34. The molecule has 3 aromatic rings. The number of alkyl carbamates (subject to hydrolysis) is 1. The molecule has 40 heavy (non-hydrogen) atoms. The van der Waals surface area contributed by atoms with Crippen molar-refractivity contribution in [2.24, 2.45) is 0 Å². The normalized spacial score (nSPS) is 12.8. The number of nitrogens with zero attached hydrogens (tertiary/aromatic N) is 1. The molecular formula is C33H43N3O4. The summed E-state index contributed by atoms with van der Waals surface area (Å²) in [6, 6.07) is 19.6. The molecule has 0 spiro atoms. The van der Waals surface area contributed by atoms with Crippen molar-refractivity contribution in [2.45, 2.75) is 84.9 Å². The van der Waals surface area contributed by atoms with E-state index >= 15 is 0 Å². The van der Waals surface area contributed by atoms with Gasteiger partial charge in [-0.2, -0.15) is 0 Å². The lowest BCUT2D eigenvalue weighted by Crippen LogP contribution is -2.51. The van der Waals surface area contributed by atoms with Crippen molar-refractivity contribution < 1.29 is 19.1 Å². The number of unbranched alkanes of at least 4 members (excludes halogenated alkanes) is 3. The summed E-state index contributed by atoms with van der Waals surface area (Å²) in [5.74, 6) is -0.658. The molecule has 0 heterocycles. The fraction of sp³-hybridized carbons (Fsp3) is 0.424. The summed E-state index contributed by atoms with van der Waals surface area (Å²) >= 11 is 0. The second-order valence-electron chi connectivity index (χ2n) is 11.3. The molecule has 0 aromatic heterocycles. The fourth-order valence-electron chi connectivity index (χ4n) is 4.57. The smallest absolute Gasteiger partial charge is 0.408 e. The van der Waals surface area contributed by atoms with E-state index in [1.54, 1.807) is 32.6 Å². The van der Waals surface area contributed by atoms with Crippen molar-refractivity contribution in [3.63, 3.8) is 0 Å². The first-order chi connectivity index (χ1) is 19.0. The lowest BCUT2D eigenvalue weighted by atomic mass is 10.0. The summed E-state index contributed by atoms with van der Waals surface area (Å²) in [6.07, 6.45) is 3.08. The number of ether oxygens (including phenoxy) is 1. The van der Waals surface area contributed by atoms with Gasteiger partial charge in [0.15, 0.2) is 0 Å². The molecule has 2 atom stereocenters. The van der Waals surface area contributed by atoms with E-state index < -0.39 is 23.8 Å². The molecule has 2 N–H and O–H groups in total. The van der Waals surface area contributed by atoms with Gasteiger partial charge in [-0.15, -0.1) is 0 Å².